The maximum Gasteiger partial charge on any atom is 0.0991 e. The van der Waals surface area contributed by atoms with Crippen molar-refractivity contribution in [3.05, 3.63) is 102 Å². The molecule has 0 amide bonds. The van der Waals surface area contributed by atoms with Crippen LogP contribution in [-0.2, 0) is 0 Å². The molecule has 3 aromatic carbocycles. The predicted molar refractivity (Wildman–Crippen MR) is 149 cm³/mol. The van der Waals surface area contributed by atoms with Crippen molar-refractivity contribution >= 4 is 38.8 Å². The number of fused-ring (bicyclic) bond motifs is 6. The molecule has 7 rings (SSSR count). The SMILES string of the molecule is N#CC1=CCC2C(=C1)c1ccccc1N2c1ccc2c3cc(C#N)ccc3n(C3C=CC(C#N)CC3)c2c1. The molecule has 3 aliphatic rings. The Bertz CT molecular complexity index is 1860. The number of rotatable bonds is 2. The van der Waals surface area contributed by atoms with E-state index in [9.17, 15) is 15.8 Å². The number of aromatic nitrogens is 1. The van der Waals surface area contributed by atoms with Crippen LogP contribution in [0, 0.1) is 39.9 Å². The van der Waals surface area contributed by atoms with Crippen LogP contribution in [0.3, 0.4) is 0 Å². The van der Waals surface area contributed by atoms with E-state index in [1.165, 1.54) is 11.1 Å². The monoisotopic (exact) mass is 489 g/mol. The van der Waals surface area contributed by atoms with E-state index in [0.717, 1.165) is 58.0 Å². The highest BCUT2D eigenvalue weighted by Crippen LogP contribution is 2.49. The van der Waals surface area contributed by atoms with Gasteiger partial charge in [0.2, 0.25) is 0 Å². The van der Waals surface area contributed by atoms with Gasteiger partial charge in [-0.1, -0.05) is 42.5 Å². The summed E-state index contributed by atoms with van der Waals surface area (Å²) in [4.78, 5) is 2.40. The molecule has 2 heterocycles. The Labute approximate surface area is 221 Å². The fourth-order valence-electron chi connectivity index (χ4n) is 6.43. The molecule has 0 spiro atoms. The van der Waals surface area contributed by atoms with Crippen LogP contribution >= 0.6 is 0 Å². The van der Waals surface area contributed by atoms with E-state index >= 15 is 0 Å². The number of anilines is 2. The van der Waals surface area contributed by atoms with Gasteiger partial charge in [-0.25, -0.2) is 0 Å². The van der Waals surface area contributed by atoms with E-state index in [-0.39, 0.29) is 18.0 Å². The van der Waals surface area contributed by atoms with Crippen molar-refractivity contribution < 1.29 is 0 Å². The van der Waals surface area contributed by atoms with Gasteiger partial charge in [0.05, 0.1) is 47.3 Å². The summed E-state index contributed by atoms with van der Waals surface area (Å²) in [6.07, 6.45) is 10.8. The Balaban J connectivity index is 1.44. The van der Waals surface area contributed by atoms with Gasteiger partial charge in [-0.3, -0.25) is 0 Å². The van der Waals surface area contributed by atoms with Gasteiger partial charge in [-0.15, -0.1) is 0 Å². The van der Waals surface area contributed by atoms with Crippen LogP contribution in [-0.4, -0.2) is 10.6 Å². The first kappa shape index (κ1) is 22.2. The second-order valence-electron chi connectivity index (χ2n) is 10.2. The fourth-order valence-corrected chi connectivity index (χ4v) is 6.43. The van der Waals surface area contributed by atoms with Gasteiger partial charge in [-0.2, -0.15) is 15.8 Å². The van der Waals surface area contributed by atoms with Crippen LogP contribution in [0.2, 0.25) is 0 Å². The number of para-hydroxylation sites is 1. The molecule has 0 saturated carbocycles. The van der Waals surface area contributed by atoms with E-state index in [2.05, 4.69) is 82.3 Å². The van der Waals surface area contributed by atoms with Crippen molar-refractivity contribution in [2.75, 3.05) is 4.90 Å². The van der Waals surface area contributed by atoms with Gasteiger partial charge < -0.3 is 9.47 Å². The summed E-state index contributed by atoms with van der Waals surface area (Å²) in [6, 6.07) is 28.2. The third-order valence-electron chi connectivity index (χ3n) is 8.18. The normalized spacial score (nSPS) is 21.7. The average Bonchev–Trinajstić information content (AvgIpc) is 3.48. The molecule has 0 fully saturated rings. The Kier molecular flexibility index (Phi) is 4.97. The third-order valence-corrected chi connectivity index (χ3v) is 8.18. The smallest absolute Gasteiger partial charge is 0.0991 e. The van der Waals surface area contributed by atoms with Crippen LogP contribution in [0.15, 0.2) is 90.5 Å². The highest BCUT2D eigenvalue weighted by atomic mass is 15.2. The lowest BCUT2D eigenvalue weighted by Gasteiger charge is -2.29. The Morgan fingerprint density at radius 1 is 0.816 bits per heavy atom. The van der Waals surface area contributed by atoms with Crippen LogP contribution in [0.5, 0.6) is 0 Å². The first-order valence-corrected chi connectivity index (χ1v) is 13.0. The van der Waals surface area contributed by atoms with Gasteiger partial charge in [0, 0.05) is 38.8 Å². The lowest BCUT2D eigenvalue weighted by Crippen LogP contribution is -2.27. The molecule has 38 heavy (non-hydrogen) atoms. The molecule has 1 aromatic heterocycles. The van der Waals surface area contributed by atoms with E-state index in [4.69, 9.17) is 0 Å². The van der Waals surface area contributed by atoms with Crippen molar-refractivity contribution in [2.24, 2.45) is 5.92 Å². The molecule has 0 radical (unpaired) electrons. The standard InChI is InChI=1S/C33H23N5/c34-18-21-5-9-24(10-6-21)37-31-13-7-23(20-36)16-29(31)27-12-11-25(17-33(27)37)38-30-4-2-1-3-26(30)28-15-22(19-35)8-14-32(28)38/h1-5,7-9,11-13,15-17,21,24,32H,6,10,14H2. The third kappa shape index (κ3) is 3.21. The average molecular weight is 490 g/mol. The highest BCUT2D eigenvalue weighted by molar-refractivity contribution is 6.10. The molecule has 5 nitrogen and oxygen atoms in total. The predicted octanol–water partition coefficient (Wildman–Crippen LogP) is 7.45. The first-order valence-electron chi connectivity index (χ1n) is 13.0. The summed E-state index contributed by atoms with van der Waals surface area (Å²) in [6.45, 7) is 0. The van der Waals surface area contributed by atoms with E-state index < -0.39 is 0 Å². The van der Waals surface area contributed by atoms with Crippen molar-refractivity contribution in [2.45, 2.75) is 31.3 Å². The zero-order valence-corrected chi connectivity index (χ0v) is 20.7. The molecule has 0 bridgehead atoms. The number of hydrogen-bond acceptors (Lipinski definition) is 4. The van der Waals surface area contributed by atoms with Gasteiger partial charge in [0.25, 0.3) is 0 Å². The summed E-state index contributed by atoms with van der Waals surface area (Å²) in [5.74, 6) is -0.0379. The maximum atomic E-state index is 9.57. The van der Waals surface area contributed by atoms with Crippen molar-refractivity contribution in [1.82, 2.24) is 4.57 Å². The lowest BCUT2D eigenvalue weighted by molar-refractivity contribution is 0.505. The van der Waals surface area contributed by atoms with E-state index in [1.54, 1.807) is 0 Å². The zero-order valence-electron chi connectivity index (χ0n) is 20.7. The van der Waals surface area contributed by atoms with Crippen molar-refractivity contribution in [3.63, 3.8) is 0 Å². The van der Waals surface area contributed by atoms with Crippen LogP contribution in [0.25, 0.3) is 27.4 Å². The summed E-state index contributed by atoms with van der Waals surface area (Å²) in [7, 11) is 0. The second-order valence-corrected chi connectivity index (χ2v) is 10.2. The summed E-state index contributed by atoms with van der Waals surface area (Å²) >= 11 is 0. The van der Waals surface area contributed by atoms with Crippen LogP contribution in [0.1, 0.15) is 36.4 Å². The largest absolute Gasteiger partial charge is 0.333 e. The van der Waals surface area contributed by atoms with Gasteiger partial charge in [0.15, 0.2) is 0 Å². The van der Waals surface area contributed by atoms with Gasteiger partial charge >= 0.3 is 0 Å². The number of benzene rings is 3. The summed E-state index contributed by atoms with van der Waals surface area (Å²) < 4.78 is 2.38. The van der Waals surface area contributed by atoms with Crippen molar-refractivity contribution in [1.29, 1.82) is 15.8 Å². The molecule has 2 aliphatic carbocycles. The summed E-state index contributed by atoms with van der Waals surface area (Å²) in [5, 5.41) is 30.7. The Hall–Kier alpha value is -5.05. The fraction of sp³-hybridized carbons (Fsp3) is 0.182. The quantitative estimate of drug-likeness (QED) is 0.274. The maximum absolute atomic E-state index is 9.57. The van der Waals surface area contributed by atoms with E-state index in [1.807, 2.05) is 30.4 Å². The molecular weight excluding hydrogens is 466 g/mol. The van der Waals surface area contributed by atoms with Crippen molar-refractivity contribution in [3.8, 4) is 18.2 Å². The molecule has 1 aliphatic heterocycles. The summed E-state index contributed by atoms with van der Waals surface area (Å²) in [5.41, 5.74) is 8.21. The zero-order chi connectivity index (χ0) is 25.8. The number of nitriles is 3. The van der Waals surface area contributed by atoms with Crippen LogP contribution < -0.4 is 4.90 Å². The number of allylic oxidation sites excluding steroid dienone is 4. The minimum Gasteiger partial charge on any atom is -0.333 e. The highest BCUT2D eigenvalue weighted by Gasteiger charge is 2.36. The first-order chi connectivity index (χ1) is 18.7. The van der Waals surface area contributed by atoms with Crippen LogP contribution in [0.4, 0.5) is 11.4 Å². The molecule has 0 N–H and O–H groups in total. The number of nitrogens with zero attached hydrogens (tertiary/aromatic N) is 5. The molecule has 5 heteroatoms. The Morgan fingerprint density at radius 3 is 2.50 bits per heavy atom. The molecule has 180 valence electrons. The van der Waals surface area contributed by atoms with E-state index in [0.29, 0.717) is 5.56 Å². The lowest BCUT2D eigenvalue weighted by atomic mass is 9.92. The molecule has 3 atom stereocenters. The molecular formula is C33H23N5. The Morgan fingerprint density at radius 2 is 1.71 bits per heavy atom. The number of hydrogen-bond donors (Lipinski definition) is 0. The topological polar surface area (TPSA) is 79.5 Å². The molecule has 3 unspecified atom stereocenters. The molecule has 4 aromatic rings. The minimum absolute atomic E-state index is 0.0379. The molecule has 0 saturated heterocycles. The van der Waals surface area contributed by atoms with Gasteiger partial charge in [0.1, 0.15) is 0 Å². The van der Waals surface area contributed by atoms with Gasteiger partial charge in [-0.05, 0) is 67.3 Å². The minimum atomic E-state index is -0.0379. The second kappa shape index (κ2) is 8.52.